The van der Waals surface area contributed by atoms with Crippen molar-refractivity contribution in [2.45, 2.75) is 6.18 Å². The summed E-state index contributed by atoms with van der Waals surface area (Å²) in [6.07, 6.45) is -2.25. The Kier molecular flexibility index (Phi) is 5.09. The first-order chi connectivity index (χ1) is 11.4. The van der Waals surface area contributed by atoms with Gasteiger partial charge in [0.15, 0.2) is 11.5 Å². The van der Waals surface area contributed by atoms with Gasteiger partial charge in [0.1, 0.15) is 6.07 Å². The maximum absolute atomic E-state index is 12.6. The van der Waals surface area contributed by atoms with Gasteiger partial charge in [-0.2, -0.15) is 18.4 Å². The highest BCUT2D eigenvalue weighted by molar-refractivity contribution is 5.88. The minimum absolute atomic E-state index is 0.135. The number of halogens is 3. The van der Waals surface area contributed by atoms with E-state index >= 15 is 0 Å². The van der Waals surface area contributed by atoms with Crippen LogP contribution >= 0.6 is 0 Å². The number of allylic oxidation sites excluding steroid dienone is 1. The van der Waals surface area contributed by atoms with Crippen LogP contribution in [0.5, 0.6) is 11.5 Å². The van der Waals surface area contributed by atoms with Gasteiger partial charge in [-0.15, -0.1) is 0 Å². The summed E-state index contributed by atoms with van der Waals surface area (Å²) in [5, 5.41) is 9.26. The Hall–Kier alpha value is -3.01. The molecule has 24 heavy (non-hydrogen) atoms. The highest BCUT2D eigenvalue weighted by atomic mass is 19.4. The zero-order valence-electron chi connectivity index (χ0n) is 12.9. The summed E-state index contributed by atoms with van der Waals surface area (Å²) >= 11 is 0. The Balaban J connectivity index is 2.38. The lowest BCUT2D eigenvalue weighted by Gasteiger charge is -2.08. The predicted octanol–water partition coefficient (Wildman–Crippen LogP) is 4.18. The third-order valence-corrected chi connectivity index (χ3v) is 3.21. The van der Waals surface area contributed by atoms with Gasteiger partial charge in [0.25, 0.3) is 0 Å². The van der Waals surface area contributed by atoms with Crippen LogP contribution in [-0.4, -0.2) is 19.2 Å². The molecular weight excluding hydrogens is 321 g/mol. The zero-order chi connectivity index (χ0) is 17.7. The van der Waals surface area contributed by atoms with E-state index in [0.29, 0.717) is 23.3 Å². The van der Waals surface area contributed by atoms with Gasteiger partial charge in [0, 0.05) is 6.20 Å². The summed E-state index contributed by atoms with van der Waals surface area (Å²) in [6, 6.07) is 9.01. The van der Waals surface area contributed by atoms with Crippen LogP contribution in [0.25, 0.3) is 11.6 Å². The van der Waals surface area contributed by atoms with Crippen molar-refractivity contribution in [2.24, 2.45) is 0 Å². The molecule has 0 fully saturated rings. The third kappa shape index (κ3) is 3.84. The molecule has 0 N–H and O–H groups in total. The number of hydrogen-bond donors (Lipinski definition) is 0. The average Bonchev–Trinajstić information content (AvgIpc) is 2.58. The number of ether oxygens (including phenoxy) is 2. The standard InChI is InChI=1S/C17H13F3N2O2/c1-23-15-6-3-11(8-16(15)24-2)7-12(9-21)14-5-4-13(10-22-14)17(18,19)20/h3-8,10H,1-2H3/b12-7-. The van der Waals surface area contributed by atoms with Gasteiger partial charge < -0.3 is 9.47 Å². The molecule has 1 aromatic carbocycles. The molecule has 0 aliphatic heterocycles. The van der Waals surface area contributed by atoms with Crippen LogP contribution < -0.4 is 9.47 Å². The zero-order valence-corrected chi connectivity index (χ0v) is 12.9. The van der Waals surface area contributed by atoms with Crippen LogP contribution in [-0.2, 0) is 6.18 Å². The second-order valence-electron chi connectivity index (χ2n) is 4.71. The van der Waals surface area contributed by atoms with Crippen molar-refractivity contribution in [3.63, 3.8) is 0 Å². The molecule has 4 nitrogen and oxygen atoms in total. The lowest BCUT2D eigenvalue weighted by Crippen LogP contribution is -2.05. The fourth-order valence-electron chi connectivity index (χ4n) is 1.99. The van der Waals surface area contributed by atoms with Gasteiger partial charge in [0.2, 0.25) is 0 Å². The molecule has 0 amide bonds. The maximum atomic E-state index is 12.6. The predicted molar refractivity (Wildman–Crippen MR) is 82.3 cm³/mol. The second-order valence-corrected chi connectivity index (χ2v) is 4.71. The molecule has 124 valence electrons. The minimum Gasteiger partial charge on any atom is -0.493 e. The number of methoxy groups -OCH3 is 2. The summed E-state index contributed by atoms with van der Waals surface area (Å²) < 4.78 is 48.0. The molecule has 7 heteroatoms. The summed E-state index contributed by atoms with van der Waals surface area (Å²) in [5.74, 6) is 1.00. The second kappa shape index (κ2) is 7.04. The van der Waals surface area contributed by atoms with E-state index < -0.39 is 11.7 Å². The molecule has 0 atom stereocenters. The summed E-state index contributed by atoms with van der Waals surface area (Å²) in [5.41, 5.74) is 0.0526. The Morgan fingerprint density at radius 3 is 2.33 bits per heavy atom. The van der Waals surface area contributed by atoms with Gasteiger partial charge in [-0.25, -0.2) is 0 Å². The smallest absolute Gasteiger partial charge is 0.417 e. The fraction of sp³-hybridized carbons (Fsp3) is 0.176. The molecular formula is C17H13F3N2O2. The molecule has 2 rings (SSSR count). The molecule has 1 heterocycles. The highest BCUT2D eigenvalue weighted by Crippen LogP contribution is 2.31. The van der Waals surface area contributed by atoms with Gasteiger partial charge in [-0.1, -0.05) is 6.07 Å². The quantitative estimate of drug-likeness (QED) is 0.787. The Labute approximate surface area is 136 Å². The minimum atomic E-state index is -4.47. The van der Waals surface area contributed by atoms with Gasteiger partial charge >= 0.3 is 6.18 Å². The number of pyridine rings is 1. The first-order valence-corrected chi connectivity index (χ1v) is 6.76. The number of aromatic nitrogens is 1. The summed E-state index contributed by atoms with van der Waals surface area (Å²) in [4.78, 5) is 3.72. The number of nitrogens with zero attached hydrogens (tertiary/aromatic N) is 2. The fourth-order valence-corrected chi connectivity index (χ4v) is 1.99. The molecule has 0 aliphatic carbocycles. The lowest BCUT2D eigenvalue weighted by molar-refractivity contribution is -0.137. The van der Waals surface area contributed by atoms with E-state index in [-0.39, 0.29) is 11.3 Å². The van der Waals surface area contributed by atoms with Crippen LogP contribution in [0.3, 0.4) is 0 Å². The van der Waals surface area contributed by atoms with E-state index in [1.807, 2.05) is 6.07 Å². The van der Waals surface area contributed by atoms with Crippen LogP contribution in [0.2, 0.25) is 0 Å². The number of hydrogen-bond acceptors (Lipinski definition) is 4. The van der Waals surface area contributed by atoms with Crippen molar-refractivity contribution < 1.29 is 22.6 Å². The molecule has 0 aliphatic rings. The normalized spacial score (nSPS) is 11.8. The topological polar surface area (TPSA) is 55.1 Å². The van der Waals surface area contributed by atoms with Gasteiger partial charge in [-0.05, 0) is 35.9 Å². The Morgan fingerprint density at radius 1 is 1.12 bits per heavy atom. The molecule has 0 spiro atoms. The largest absolute Gasteiger partial charge is 0.493 e. The molecule has 0 bridgehead atoms. The first-order valence-electron chi connectivity index (χ1n) is 6.76. The van der Waals surface area contributed by atoms with E-state index in [4.69, 9.17) is 9.47 Å². The number of benzene rings is 1. The summed E-state index contributed by atoms with van der Waals surface area (Å²) in [6.45, 7) is 0. The van der Waals surface area contributed by atoms with E-state index in [1.165, 1.54) is 26.4 Å². The van der Waals surface area contributed by atoms with Crippen molar-refractivity contribution in [1.29, 1.82) is 5.26 Å². The number of rotatable bonds is 4. The van der Waals surface area contributed by atoms with Crippen molar-refractivity contribution in [3.8, 4) is 17.6 Å². The molecule has 0 radical (unpaired) electrons. The van der Waals surface area contributed by atoms with Crippen molar-refractivity contribution >= 4 is 11.6 Å². The Morgan fingerprint density at radius 2 is 1.83 bits per heavy atom. The molecule has 0 saturated heterocycles. The van der Waals surface area contributed by atoms with E-state index in [1.54, 1.807) is 18.2 Å². The SMILES string of the molecule is COc1ccc(/C=C(/C#N)c2ccc(C(F)(F)F)cn2)cc1OC. The van der Waals surface area contributed by atoms with Gasteiger partial charge in [0.05, 0.1) is 31.1 Å². The van der Waals surface area contributed by atoms with E-state index in [0.717, 1.165) is 6.07 Å². The first kappa shape index (κ1) is 17.3. The maximum Gasteiger partial charge on any atom is 0.417 e. The van der Waals surface area contributed by atoms with Crippen LogP contribution in [0, 0.1) is 11.3 Å². The molecule has 0 saturated carbocycles. The molecule has 0 unspecified atom stereocenters. The number of alkyl halides is 3. The lowest BCUT2D eigenvalue weighted by atomic mass is 10.1. The summed E-state index contributed by atoms with van der Waals surface area (Å²) in [7, 11) is 2.98. The van der Waals surface area contributed by atoms with E-state index in [9.17, 15) is 18.4 Å². The van der Waals surface area contributed by atoms with Crippen molar-refractivity contribution in [1.82, 2.24) is 4.98 Å². The Bertz CT molecular complexity index is 791. The highest BCUT2D eigenvalue weighted by Gasteiger charge is 2.30. The number of nitriles is 1. The van der Waals surface area contributed by atoms with E-state index in [2.05, 4.69) is 4.98 Å². The van der Waals surface area contributed by atoms with Crippen LogP contribution in [0.1, 0.15) is 16.8 Å². The average molecular weight is 334 g/mol. The van der Waals surface area contributed by atoms with Gasteiger partial charge in [-0.3, -0.25) is 4.98 Å². The monoisotopic (exact) mass is 334 g/mol. The third-order valence-electron chi connectivity index (χ3n) is 3.21. The molecule has 1 aromatic heterocycles. The van der Waals surface area contributed by atoms with Crippen molar-refractivity contribution in [3.05, 3.63) is 53.3 Å². The van der Waals surface area contributed by atoms with Crippen LogP contribution in [0.15, 0.2) is 36.5 Å². The van der Waals surface area contributed by atoms with Crippen LogP contribution in [0.4, 0.5) is 13.2 Å². The molecule has 2 aromatic rings. The van der Waals surface area contributed by atoms with Crippen molar-refractivity contribution in [2.75, 3.05) is 14.2 Å².